The summed E-state index contributed by atoms with van der Waals surface area (Å²) in [5.41, 5.74) is -0.0154. The van der Waals surface area contributed by atoms with Crippen LogP contribution in [0.1, 0.15) is 9.88 Å². The maximum Gasteiger partial charge on any atom is 0.272 e. The van der Waals surface area contributed by atoms with Crippen LogP contribution in [0.5, 0.6) is 0 Å². The number of non-ortho nitro benzene ring substituents is 1. The molecule has 0 saturated heterocycles. The molecule has 94 valence electrons. The Bertz CT molecular complexity index is 585. The largest absolute Gasteiger partial charge is 0.378 e. The van der Waals surface area contributed by atoms with Gasteiger partial charge in [-0.1, -0.05) is 0 Å². The smallest absolute Gasteiger partial charge is 0.272 e. The highest BCUT2D eigenvalue weighted by molar-refractivity contribution is 7.11. The van der Waals surface area contributed by atoms with Gasteiger partial charge in [0.2, 0.25) is 0 Å². The van der Waals surface area contributed by atoms with Crippen LogP contribution in [-0.4, -0.2) is 9.91 Å². The first kappa shape index (κ1) is 12.4. The van der Waals surface area contributed by atoms with Crippen LogP contribution in [0, 0.1) is 22.9 Å². The van der Waals surface area contributed by atoms with Crippen molar-refractivity contribution in [1.29, 1.82) is 0 Å². The van der Waals surface area contributed by atoms with Gasteiger partial charge >= 0.3 is 0 Å². The minimum atomic E-state index is -0.634. The summed E-state index contributed by atoms with van der Waals surface area (Å²) >= 11 is 1.52. The molecule has 0 saturated carbocycles. The van der Waals surface area contributed by atoms with Crippen molar-refractivity contribution in [3.05, 3.63) is 50.2 Å². The Balaban J connectivity index is 2.08. The van der Waals surface area contributed by atoms with E-state index in [-0.39, 0.29) is 11.4 Å². The zero-order valence-electron chi connectivity index (χ0n) is 9.51. The van der Waals surface area contributed by atoms with Gasteiger partial charge in [0.15, 0.2) is 5.82 Å². The van der Waals surface area contributed by atoms with Gasteiger partial charge in [-0.15, -0.1) is 11.3 Å². The van der Waals surface area contributed by atoms with Crippen molar-refractivity contribution in [3.8, 4) is 0 Å². The quantitative estimate of drug-likeness (QED) is 0.682. The summed E-state index contributed by atoms with van der Waals surface area (Å²) in [6, 6.07) is 3.53. The van der Waals surface area contributed by atoms with Crippen molar-refractivity contribution in [3.63, 3.8) is 0 Å². The van der Waals surface area contributed by atoms with Crippen LogP contribution in [0.25, 0.3) is 0 Å². The van der Waals surface area contributed by atoms with E-state index in [2.05, 4.69) is 10.3 Å². The van der Waals surface area contributed by atoms with Crippen molar-refractivity contribution in [2.75, 3.05) is 5.32 Å². The topological polar surface area (TPSA) is 68.1 Å². The summed E-state index contributed by atoms with van der Waals surface area (Å²) in [7, 11) is 0. The number of nitro benzene ring substituents is 1. The predicted octanol–water partition coefficient (Wildman–Crippen LogP) is 3.11. The number of benzene rings is 1. The molecule has 0 bridgehead atoms. The van der Waals surface area contributed by atoms with Gasteiger partial charge in [0, 0.05) is 17.1 Å². The summed E-state index contributed by atoms with van der Waals surface area (Å²) in [5, 5.41) is 14.3. The van der Waals surface area contributed by atoms with E-state index in [0.29, 0.717) is 6.54 Å². The SMILES string of the molecule is Cc1ncc(CNc2ccc([N+](=O)[O-])cc2F)s1. The van der Waals surface area contributed by atoms with Gasteiger partial charge in [-0.3, -0.25) is 10.1 Å². The number of aryl methyl sites for hydroxylation is 1. The minimum absolute atomic E-state index is 0.242. The Hall–Kier alpha value is -2.02. The van der Waals surface area contributed by atoms with Crippen LogP contribution in [-0.2, 0) is 6.54 Å². The van der Waals surface area contributed by atoms with Crippen LogP contribution in [0.15, 0.2) is 24.4 Å². The van der Waals surface area contributed by atoms with Gasteiger partial charge in [0.25, 0.3) is 5.69 Å². The molecule has 0 unspecified atom stereocenters. The standard InChI is InChI=1S/C11H10FN3O2S/c1-7-13-5-9(18-7)6-14-11-3-2-8(15(16)17)4-10(11)12/h2-5,14H,6H2,1H3. The zero-order chi connectivity index (χ0) is 13.1. The lowest BCUT2D eigenvalue weighted by molar-refractivity contribution is -0.385. The second-order valence-corrected chi connectivity index (χ2v) is 4.94. The Labute approximate surface area is 106 Å². The third kappa shape index (κ3) is 2.80. The maximum absolute atomic E-state index is 13.5. The molecule has 2 aromatic rings. The number of hydrogen-bond donors (Lipinski definition) is 1. The normalized spacial score (nSPS) is 10.3. The molecule has 0 radical (unpaired) electrons. The molecule has 0 amide bonds. The Kier molecular flexibility index (Phi) is 3.52. The monoisotopic (exact) mass is 267 g/mol. The average Bonchev–Trinajstić information content (AvgIpc) is 2.73. The maximum atomic E-state index is 13.5. The zero-order valence-corrected chi connectivity index (χ0v) is 10.3. The number of nitrogens with zero attached hydrogens (tertiary/aromatic N) is 2. The van der Waals surface area contributed by atoms with Crippen LogP contribution < -0.4 is 5.32 Å². The highest BCUT2D eigenvalue weighted by Gasteiger charge is 2.10. The van der Waals surface area contributed by atoms with Gasteiger partial charge in [0.1, 0.15) is 0 Å². The first-order valence-corrected chi connectivity index (χ1v) is 5.97. The van der Waals surface area contributed by atoms with Crippen LogP contribution in [0.4, 0.5) is 15.8 Å². The first-order valence-electron chi connectivity index (χ1n) is 5.15. The van der Waals surface area contributed by atoms with Crippen molar-refractivity contribution >= 4 is 22.7 Å². The molecular weight excluding hydrogens is 257 g/mol. The number of nitro groups is 1. The average molecular weight is 267 g/mol. The first-order chi connectivity index (χ1) is 8.56. The third-order valence-corrected chi connectivity index (χ3v) is 3.20. The molecule has 1 aromatic carbocycles. The Morgan fingerprint density at radius 3 is 2.89 bits per heavy atom. The number of aromatic nitrogens is 1. The summed E-state index contributed by atoms with van der Waals surface area (Å²) < 4.78 is 13.5. The highest BCUT2D eigenvalue weighted by Crippen LogP contribution is 2.21. The molecule has 1 aromatic heterocycles. The van der Waals surface area contributed by atoms with Crippen molar-refractivity contribution in [2.24, 2.45) is 0 Å². The molecule has 0 aliphatic carbocycles. The summed E-state index contributed by atoms with van der Waals surface area (Å²) in [6.07, 6.45) is 1.72. The Morgan fingerprint density at radius 2 is 2.33 bits per heavy atom. The molecule has 0 aliphatic heterocycles. The molecule has 0 atom stereocenters. The second kappa shape index (κ2) is 5.09. The lowest BCUT2D eigenvalue weighted by Crippen LogP contribution is -2.00. The number of hydrogen-bond acceptors (Lipinski definition) is 5. The molecule has 7 heteroatoms. The summed E-state index contributed by atoms with van der Waals surface area (Å²) in [6.45, 7) is 2.33. The van der Waals surface area contributed by atoms with E-state index in [1.165, 1.54) is 23.5 Å². The van der Waals surface area contributed by atoms with E-state index in [9.17, 15) is 14.5 Å². The predicted molar refractivity (Wildman–Crippen MR) is 67.2 cm³/mol. The van der Waals surface area contributed by atoms with E-state index in [1.54, 1.807) is 6.20 Å². The fraction of sp³-hybridized carbons (Fsp3) is 0.182. The number of halogens is 1. The van der Waals surface area contributed by atoms with Crippen LogP contribution in [0.2, 0.25) is 0 Å². The third-order valence-electron chi connectivity index (χ3n) is 2.29. The number of nitrogens with one attached hydrogen (secondary N) is 1. The van der Waals surface area contributed by atoms with Gasteiger partial charge in [-0.2, -0.15) is 0 Å². The molecule has 0 spiro atoms. The lowest BCUT2D eigenvalue weighted by atomic mass is 10.2. The molecule has 1 N–H and O–H groups in total. The number of anilines is 1. The minimum Gasteiger partial charge on any atom is -0.378 e. The number of thiazole rings is 1. The van der Waals surface area contributed by atoms with Gasteiger partial charge in [-0.05, 0) is 13.0 Å². The van der Waals surface area contributed by atoms with Crippen molar-refractivity contribution < 1.29 is 9.31 Å². The van der Waals surface area contributed by atoms with Gasteiger partial charge < -0.3 is 5.32 Å². The van der Waals surface area contributed by atoms with Gasteiger partial charge in [0.05, 0.1) is 28.2 Å². The molecule has 0 fully saturated rings. The van der Waals surface area contributed by atoms with E-state index >= 15 is 0 Å². The summed E-state index contributed by atoms with van der Waals surface area (Å²) in [5.74, 6) is -0.634. The summed E-state index contributed by atoms with van der Waals surface area (Å²) in [4.78, 5) is 14.9. The molecular formula is C11H10FN3O2S. The van der Waals surface area contributed by atoms with E-state index in [4.69, 9.17) is 0 Å². The van der Waals surface area contributed by atoms with Gasteiger partial charge in [-0.25, -0.2) is 9.37 Å². The molecule has 5 nitrogen and oxygen atoms in total. The Morgan fingerprint density at radius 1 is 1.56 bits per heavy atom. The van der Waals surface area contributed by atoms with Crippen LogP contribution in [0.3, 0.4) is 0 Å². The number of rotatable bonds is 4. The van der Waals surface area contributed by atoms with Crippen molar-refractivity contribution in [1.82, 2.24) is 4.98 Å². The molecule has 18 heavy (non-hydrogen) atoms. The van der Waals surface area contributed by atoms with Crippen molar-refractivity contribution in [2.45, 2.75) is 13.5 Å². The fourth-order valence-corrected chi connectivity index (χ4v) is 2.16. The van der Waals surface area contributed by atoms with E-state index in [1.807, 2.05) is 6.92 Å². The molecule has 1 heterocycles. The second-order valence-electron chi connectivity index (χ2n) is 3.62. The molecule has 2 rings (SSSR count). The fourth-order valence-electron chi connectivity index (χ4n) is 1.43. The molecule has 0 aliphatic rings. The van der Waals surface area contributed by atoms with E-state index in [0.717, 1.165) is 16.0 Å². The van der Waals surface area contributed by atoms with E-state index < -0.39 is 10.7 Å². The highest BCUT2D eigenvalue weighted by atomic mass is 32.1. The lowest BCUT2D eigenvalue weighted by Gasteiger charge is -2.05. The van der Waals surface area contributed by atoms with Crippen LogP contribution >= 0.6 is 11.3 Å².